The van der Waals surface area contributed by atoms with Crippen molar-refractivity contribution in [2.75, 3.05) is 39.2 Å². The third-order valence-electron chi connectivity index (χ3n) is 6.12. The molecule has 3 amide bonds. The van der Waals surface area contributed by atoms with Crippen LogP contribution < -0.4 is 10.1 Å². The number of fused-ring (bicyclic) bond motifs is 1. The number of aromatic nitrogens is 2. The summed E-state index contributed by atoms with van der Waals surface area (Å²) < 4.78 is 11.8. The van der Waals surface area contributed by atoms with Crippen molar-refractivity contribution in [1.29, 1.82) is 0 Å². The molecule has 0 saturated carbocycles. The minimum atomic E-state index is -0.431. The molecule has 2 aromatic rings. The van der Waals surface area contributed by atoms with Crippen molar-refractivity contribution in [3.05, 3.63) is 48.0 Å². The Balaban J connectivity index is 1.94. The molecule has 35 heavy (non-hydrogen) atoms. The largest absolute Gasteiger partial charge is 0.491 e. The standard InChI is InChI=1S/C25H33N5O5/c1-6-23(31)30-13-16(2)22(34-5)14-29(4)25(33)19-8-7-18(11-21(19)35-15-17(30)3)28-24(32)20-12-26-9-10-27-20/h7-12,16-17,22H,6,13-15H2,1-5H3,(H,28,32)/t16-,17-,22-/m0/s1. The summed E-state index contributed by atoms with van der Waals surface area (Å²) in [6, 6.07) is 4.63. The van der Waals surface area contributed by atoms with Gasteiger partial charge in [0.25, 0.3) is 11.8 Å². The topological polar surface area (TPSA) is 114 Å². The highest BCUT2D eigenvalue weighted by Gasteiger charge is 2.30. The van der Waals surface area contributed by atoms with Crippen molar-refractivity contribution >= 4 is 23.4 Å². The predicted molar refractivity (Wildman–Crippen MR) is 130 cm³/mol. The minimum absolute atomic E-state index is 0.00534. The number of nitrogens with zero attached hydrogens (tertiary/aromatic N) is 4. The van der Waals surface area contributed by atoms with Crippen molar-refractivity contribution in [2.45, 2.75) is 39.3 Å². The number of rotatable bonds is 4. The normalized spacial score (nSPS) is 21.3. The first-order valence-electron chi connectivity index (χ1n) is 11.7. The molecule has 3 rings (SSSR count). The maximum Gasteiger partial charge on any atom is 0.275 e. The molecule has 3 atom stereocenters. The Morgan fingerprint density at radius 1 is 1.23 bits per heavy atom. The molecular weight excluding hydrogens is 450 g/mol. The lowest BCUT2D eigenvalue weighted by Crippen LogP contribution is -2.48. The molecule has 188 valence electrons. The van der Waals surface area contributed by atoms with Gasteiger partial charge in [0.15, 0.2) is 0 Å². The van der Waals surface area contributed by atoms with Gasteiger partial charge in [-0.3, -0.25) is 19.4 Å². The second-order valence-corrected chi connectivity index (χ2v) is 8.75. The maximum atomic E-state index is 13.3. The summed E-state index contributed by atoms with van der Waals surface area (Å²) in [4.78, 5) is 49.8. The lowest BCUT2D eigenvalue weighted by molar-refractivity contribution is -0.135. The van der Waals surface area contributed by atoms with E-state index in [9.17, 15) is 14.4 Å². The molecule has 0 bridgehead atoms. The van der Waals surface area contributed by atoms with E-state index in [1.54, 1.807) is 42.2 Å². The summed E-state index contributed by atoms with van der Waals surface area (Å²) >= 11 is 0. The summed E-state index contributed by atoms with van der Waals surface area (Å²) in [6.45, 7) is 6.78. The van der Waals surface area contributed by atoms with Gasteiger partial charge >= 0.3 is 0 Å². The SMILES string of the molecule is CCC(=O)N1C[C@H](C)[C@@H](OC)CN(C)C(=O)c2ccc(NC(=O)c3cnccn3)cc2OC[C@@H]1C. The van der Waals surface area contributed by atoms with Gasteiger partial charge in [0.2, 0.25) is 5.91 Å². The summed E-state index contributed by atoms with van der Waals surface area (Å²) in [7, 11) is 3.32. The number of carbonyl (C=O) groups excluding carboxylic acids is 3. The fourth-order valence-electron chi connectivity index (χ4n) is 4.01. The lowest BCUT2D eigenvalue weighted by Gasteiger charge is -2.36. The van der Waals surface area contributed by atoms with Crippen LogP contribution in [0.3, 0.4) is 0 Å². The molecule has 1 aromatic carbocycles. The van der Waals surface area contributed by atoms with Gasteiger partial charge in [-0.1, -0.05) is 13.8 Å². The van der Waals surface area contributed by atoms with Crippen LogP contribution in [0, 0.1) is 5.92 Å². The average molecular weight is 484 g/mol. The second kappa shape index (κ2) is 11.7. The molecule has 1 aliphatic rings. The van der Waals surface area contributed by atoms with Gasteiger partial charge in [-0.25, -0.2) is 4.98 Å². The predicted octanol–water partition coefficient (Wildman–Crippen LogP) is 2.47. The summed E-state index contributed by atoms with van der Waals surface area (Å²) in [5.41, 5.74) is 0.965. The van der Waals surface area contributed by atoms with Gasteiger partial charge < -0.3 is 24.6 Å². The van der Waals surface area contributed by atoms with E-state index in [0.717, 1.165) is 0 Å². The zero-order chi connectivity index (χ0) is 25.5. The molecule has 2 heterocycles. The molecule has 10 nitrogen and oxygen atoms in total. The highest BCUT2D eigenvalue weighted by Crippen LogP contribution is 2.27. The van der Waals surface area contributed by atoms with Crippen LogP contribution in [-0.4, -0.2) is 83.5 Å². The first-order chi connectivity index (χ1) is 16.7. The molecule has 10 heteroatoms. The molecule has 0 aliphatic carbocycles. The van der Waals surface area contributed by atoms with Crippen LogP contribution in [-0.2, 0) is 9.53 Å². The molecule has 1 aromatic heterocycles. The fourth-order valence-corrected chi connectivity index (χ4v) is 4.01. The Kier molecular flexibility index (Phi) is 8.75. The highest BCUT2D eigenvalue weighted by molar-refractivity contribution is 6.03. The Labute approximate surface area is 205 Å². The van der Waals surface area contributed by atoms with Crippen LogP contribution >= 0.6 is 0 Å². The first-order valence-corrected chi connectivity index (χ1v) is 11.7. The molecule has 1 aliphatic heterocycles. The molecule has 0 saturated heterocycles. The number of ether oxygens (including phenoxy) is 2. The van der Waals surface area contributed by atoms with Gasteiger partial charge in [0.1, 0.15) is 18.1 Å². The van der Waals surface area contributed by atoms with Crippen LogP contribution in [0.1, 0.15) is 48.0 Å². The number of carbonyl (C=O) groups is 3. The second-order valence-electron chi connectivity index (χ2n) is 8.75. The monoisotopic (exact) mass is 483 g/mol. The number of nitrogens with one attached hydrogen (secondary N) is 1. The van der Waals surface area contributed by atoms with E-state index in [4.69, 9.17) is 9.47 Å². The molecule has 1 N–H and O–H groups in total. The molecule has 0 unspecified atom stereocenters. The van der Waals surface area contributed by atoms with E-state index in [-0.39, 0.29) is 42.2 Å². The Bertz CT molecular complexity index is 1050. The van der Waals surface area contributed by atoms with Crippen molar-refractivity contribution in [3.8, 4) is 5.75 Å². The quantitative estimate of drug-likeness (QED) is 0.711. The van der Waals surface area contributed by atoms with Crippen molar-refractivity contribution in [3.63, 3.8) is 0 Å². The van der Waals surface area contributed by atoms with Gasteiger partial charge in [-0.2, -0.15) is 0 Å². The third-order valence-corrected chi connectivity index (χ3v) is 6.12. The molecule has 0 fully saturated rings. The van der Waals surface area contributed by atoms with E-state index in [0.29, 0.717) is 36.5 Å². The zero-order valence-corrected chi connectivity index (χ0v) is 20.9. The van der Waals surface area contributed by atoms with Gasteiger partial charge in [0.05, 0.1) is 23.9 Å². The Morgan fingerprint density at radius 3 is 2.66 bits per heavy atom. The zero-order valence-electron chi connectivity index (χ0n) is 20.9. The molecule has 0 radical (unpaired) electrons. The number of anilines is 1. The summed E-state index contributed by atoms with van der Waals surface area (Å²) in [5, 5.41) is 2.76. The number of hydrogen-bond acceptors (Lipinski definition) is 7. The number of benzene rings is 1. The number of hydrogen-bond donors (Lipinski definition) is 1. The van der Waals surface area contributed by atoms with Crippen LogP contribution in [0.5, 0.6) is 5.75 Å². The van der Waals surface area contributed by atoms with Gasteiger partial charge in [-0.15, -0.1) is 0 Å². The van der Waals surface area contributed by atoms with E-state index < -0.39 is 5.91 Å². The van der Waals surface area contributed by atoms with Crippen molar-refractivity contribution in [1.82, 2.24) is 19.8 Å². The number of likely N-dealkylation sites (N-methyl/N-ethyl adjacent to an activating group) is 1. The average Bonchev–Trinajstić information content (AvgIpc) is 2.87. The van der Waals surface area contributed by atoms with Gasteiger partial charge in [-0.05, 0) is 19.1 Å². The lowest BCUT2D eigenvalue weighted by atomic mass is 10.0. The van der Waals surface area contributed by atoms with E-state index in [1.807, 2.05) is 20.8 Å². The first kappa shape index (κ1) is 26.1. The van der Waals surface area contributed by atoms with Crippen LogP contribution in [0.4, 0.5) is 5.69 Å². The van der Waals surface area contributed by atoms with Crippen LogP contribution in [0.15, 0.2) is 36.8 Å². The fraction of sp³-hybridized carbons (Fsp3) is 0.480. The van der Waals surface area contributed by atoms with E-state index in [2.05, 4.69) is 15.3 Å². The Morgan fingerprint density at radius 2 is 2.00 bits per heavy atom. The summed E-state index contributed by atoms with van der Waals surface area (Å²) in [5.74, 6) is -0.312. The maximum absolute atomic E-state index is 13.3. The highest BCUT2D eigenvalue weighted by atomic mass is 16.5. The van der Waals surface area contributed by atoms with Crippen molar-refractivity contribution < 1.29 is 23.9 Å². The van der Waals surface area contributed by atoms with Crippen LogP contribution in [0.25, 0.3) is 0 Å². The van der Waals surface area contributed by atoms with E-state index in [1.165, 1.54) is 18.6 Å². The number of amides is 3. The molecule has 0 spiro atoms. The third kappa shape index (κ3) is 6.33. The Hall–Kier alpha value is -3.53. The van der Waals surface area contributed by atoms with Crippen LogP contribution in [0.2, 0.25) is 0 Å². The minimum Gasteiger partial charge on any atom is -0.491 e. The smallest absolute Gasteiger partial charge is 0.275 e. The summed E-state index contributed by atoms with van der Waals surface area (Å²) in [6.07, 6.45) is 4.41. The molecular formula is C25H33N5O5. The van der Waals surface area contributed by atoms with E-state index >= 15 is 0 Å². The van der Waals surface area contributed by atoms with Crippen molar-refractivity contribution in [2.24, 2.45) is 5.92 Å². The van der Waals surface area contributed by atoms with Gasteiger partial charge in [0, 0.05) is 63.7 Å². The number of methoxy groups -OCH3 is 1.